The van der Waals surface area contributed by atoms with E-state index in [0.29, 0.717) is 19.4 Å². The summed E-state index contributed by atoms with van der Waals surface area (Å²) in [5, 5.41) is 5.55. The van der Waals surface area contributed by atoms with Gasteiger partial charge in [0.15, 0.2) is 0 Å². The van der Waals surface area contributed by atoms with E-state index >= 15 is 0 Å². The Hall–Kier alpha value is -2.10. The maximum absolute atomic E-state index is 12.3. The number of carbonyl (C=O) groups excluding carboxylic acids is 2. The van der Waals surface area contributed by atoms with Crippen LogP contribution in [0.15, 0.2) is 30.9 Å². The first kappa shape index (κ1) is 14.3. The quantitative estimate of drug-likeness (QED) is 0.638. The number of hydrogen-bond acceptors (Lipinski definition) is 2. The van der Waals surface area contributed by atoms with Crippen molar-refractivity contribution in [1.29, 1.82) is 0 Å². The largest absolute Gasteiger partial charge is 0.352 e. The standard InChI is InChI=1S/C16H20N2O2/c1-4-9-17-14(19)16(7-8-16)15(20)18-13-6-5-11(2)12(3)10-13/h4-6,10H,1,7-9H2,2-3H3,(H,17,19)(H,18,20). The van der Waals surface area contributed by atoms with Gasteiger partial charge in [-0.15, -0.1) is 6.58 Å². The Morgan fingerprint density at radius 1 is 1.25 bits per heavy atom. The molecule has 4 heteroatoms. The number of hydrogen-bond donors (Lipinski definition) is 2. The molecule has 0 heterocycles. The highest BCUT2D eigenvalue weighted by atomic mass is 16.2. The molecule has 0 bridgehead atoms. The van der Waals surface area contributed by atoms with Crippen molar-refractivity contribution in [1.82, 2.24) is 5.32 Å². The Balaban J connectivity index is 2.06. The van der Waals surface area contributed by atoms with E-state index in [1.54, 1.807) is 6.08 Å². The number of rotatable bonds is 5. The molecule has 0 spiro atoms. The molecular formula is C16H20N2O2. The minimum Gasteiger partial charge on any atom is -0.352 e. The molecule has 0 radical (unpaired) electrons. The lowest BCUT2D eigenvalue weighted by molar-refractivity contribution is -0.134. The number of amides is 2. The van der Waals surface area contributed by atoms with Crippen LogP contribution in [0.3, 0.4) is 0 Å². The minimum atomic E-state index is -0.887. The molecule has 1 aliphatic rings. The molecule has 2 N–H and O–H groups in total. The summed E-state index contributed by atoms with van der Waals surface area (Å²) in [6.45, 7) is 7.95. The Morgan fingerprint density at radius 2 is 1.95 bits per heavy atom. The summed E-state index contributed by atoms with van der Waals surface area (Å²) in [7, 11) is 0. The second-order valence-electron chi connectivity index (χ2n) is 5.33. The average Bonchev–Trinajstić information content (AvgIpc) is 3.22. The van der Waals surface area contributed by atoms with Gasteiger partial charge in [0.05, 0.1) is 0 Å². The van der Waals surface area contributed by atoms with Crippen molar-refractivity contribution in [2.45, 2.75) is 26.7 Å². The molecule has 1 aromatic rings. The number of anilines is 1. The highest BCUT2D eigenvalue weighted by Gasteiger charge is 2.56. The molecule has 2 amide bonds. The number of carbonyl (C=O) groups is 2. The summed E-state index contributed by atoms with van der Waals surface area (Å²) in [5.41, 5.74) is 2.14. The second kappa shape index (κ2) is 5.49. The van der Waals surface area contributed by atoms with Gasteiger partial charge in [0.1, 0.15) is 5.41 Å². The van der Waals surface area contributed by atoms with E-state index in [0.717, 1.165) is 11.3 Å². The zero-order valence-corrected chi connectivity index (χ0v) is 12.0. The van der Waals surface area contributed by atoms with Crippen molar-refractivity contribution in [2.24, 2.45) is 5.41 Å². The summed E-state index contributed by atoms with van der Waals surface area (Å²) in [6.07, 6.45) is 2.81. The van der Waals surface area contributed by atoms with E-state index in [9.17, 15) is 9.59 Å². The van der Waals surface area contributed by atoms with E-state index in [4.69, 9.17) is 0 Å². The highest BCUT2D eigenvalue weighted by Crippen LogP contribution is 2.46. The Bertz CT molecular complexity index is 560. The summed E-state index contributed by atoms with van der Waals surface area (Å²) >= 11 is 0. The predicted octanol–water partition coefficient (Wildman–Crippen LogP) is 2.32. The van der Waals surface area contributed by atoms with Crippen LogP contribution in [-0.2, 0) is 9.59 Å². The van der Waals surface area contributed by atoms with Gasteiger partial charge in [0, 0.05) is 12.2 Å². The van der Waals surface area contributed by atoms with Gasteiger partial charge in [-0.05, 0) is 49.9 Å². The van der Waals surface area contributed by atoms with Crippen LogP contribution in [0.2, 0.25) is 0 Å². The van der Waals surface area contributed by atoms with Gasteiger partial charge >= 0.3 is 0 Å². The molecular weight excluding hydrogens is 252 g/mol. The van der Waals surface area contributed by atoms with Gasteiger partial charge in [-0.3, -0.25) is 9.59 Å². The molecule has 20 heavy (non-hydrogen) atoms. The smallest absolute Gasteiger partial charge is 0.240 e. The maximum atomic E-state index is 12.3. The zero-order valence-electron chi connectivity index (χ0n) is 12.0. The molecule has 0 aromatic heterocycles. The average molecular weight is 272 g/mol. The first-order valence-electron chi connectivity index (χ1n) is 6.77. The highest BCUT2D eigenvalue weighted by molar-refractivity contribution is 6.13. The SMILES string of the molecule is C=CCNC(=O)C1(C(=O)Nc2ccc(C)c(C)c2)CC1. The third kappa shape index (κ3) is 2.74. The normalized spacial score (nSPS) is 15.3. The summed E-state index contributed by atoms with van der Waals surface area (Å²) in [4.78, 5) is 24.3. The van der Waals surface area contributed by atoms with Crippen molar-refractivity contribution in [3.63, 3.8) is 0 Å². The molecule has 2 rings (SSSR count). The van der Waals surface area contributed by atoms with E-state index in [-0.39, 0.29) is 11.8 Å². The fourth-order valence-electron chi connectivity index (χ4n) is 2.09. The van der Waals surface area contributed by atoms with Crippen LogP contribution >= 0.6 is 0 Å². The Morgan fingerprint density at radius 3 is 2.50 bits per heavy atom. The molecule has 4 nitrogen and oxygen atoms in total. The first-order chi connectivity index (χ1) is 9.49. The fourth-order valence-corrected chi connectivity index (χ4v) is 2.09. The molecule has 1 fully saturated rings. The van der Waals surface area contributed by atoms with Crippen LogP contribution < -0.4 is 10.6 Å². The van der Waals surface area contributed by atoms with Crippen molar-refractivity contribution in [3.8, 4) is 0 Å². The summed E-state index contributed by atoms with van der Waals surface area (Å²) in [5.74, 6) is -0.430. The molecule has 0 atom stereocenters. The lowest BCUT2D eigenvalue weighted by Crippen LogP contribution is -2.40. The van der Waals surface area contributed by atoms with Gasteiger partial charge in [-0.25, -0.2) is 0 Å². The number of nitrogens with one attached hydrogen (secondary N) is 2. The third-order valence-corrected chi connectivity index (χ3v) is 3.79. The van der Waals surface area contributed by atoms with E-state index in [2.05, 4.69) is 17.2 Å². The van der Waals surface area contributed by atoms with Gasteiger partial charge in [-0.1, -0.05) is 12.1 Å². The molecule has 1 saturated carbocycles. The first-order valence-corrected chi connectivity index (χ1v) is 6.77. The topological polar surface area (TPSA) is 58.2 Å². The van der Waals surface area contributed by atoms with Crippen LogP contribution in [0.4, 0.5) is 5.69 Å². The molecule has 1 aromatic carbocycles. The van der Waals surface area contributed by atoms with Gasteiger partial charge in [0.25, 0.3) is 0 Å². The summed E-state index contributed by atoms with van der Waals surface area (Å²) < 4.78 is 0. The predicted molar refractivity (Wildman–Crippen MR) is 79.4 cm³/mol. The van der Waals surface area contributed by atoms with Gasteiger partial charge in [0.2, 0.25) is 11.8 Å². The van der Waals surface area contributed by atoms with Crippen molar-refractivity contribution in [2.75, 3.05) is 11.9 Å². The monoisotopic (exact) mass is 272 g/mol. The van der Waals surface area contributed by atoms with Gasteiger partial charge < -0.3 is 10.6 Å². The van der Waals surface area contributed by atoms with E-state index in [1.807, 2.05) is 32.0 Å². The molecule has 1 aliphatic carbocycles. The summed E-state index contributed by atoms with van der Waals surface area (Å²) in [6, 6.07) is 5.74. The Labute approximate surface area is 119 Å². The molecule has 0 aliphatic heterocycles. The lowest BCUT2D eigenvalue weighted by atomic mass is 10.0. The van der Waals surface area contributed by atoms with Crippen LogP contribution in [0, 0.1) is 19.3 Å². The van der Waals surface area contributed by atoms with E-state index in [1.165, 1.54) is 5.56 Å². The lowest BCUT2D eigenvalue weighted by Gasteiger charge is -2.15. The molecule has 106 valence electrons. The Kier molecular flexibility index (Phi) is 3.93. The maximum Gasteiger partial charge on any atom is 0.240 e. The second-order valence-corrected chi connectivity index (χ2v) is 5.33. The number of aryl methyl sites for hydroxylation is 2. The zero-order chi connectivity index (χ0) is 14.8. The van der Waals surface area contributed by atoms with Crippen LogP contribution in [0.5, 0.6) is 0 Å². The van der Waals surface area contributed by atoms with Crippen molar-refractivity contribution >= 4 is 17.5 Å². The van der Waals surface area contributed by atoms with Gasteiger partial charge in [-0.2, -0.15) is 0 Å². The van der Waals surface area contributed by atoms with Crippen molar-refractivity contribution < 1.29 is 9.59 Å². The molecule has 0 saturated heterocycles. The van der Waals surface area contributed by atoms with Crippen LogP contribution in [0.25, 0.3) is 0 Å². The minimum absolute atomic E-state index is 0.210. The number of benzene rings is 1. The van der Waals surface area contributed by atoms with Crippen molar-refractivity contribution in [3.05, 3.63) is 42.0 Å². The van der Waals surface area contributed by atoms with Crippen LogP contribution in [0.1, 0.15) is 24.0 Å². The van der Waals surface area contributed by atoms with E-state index < -0.39 is 5.41 Å². The molecule has 0 unspecified atom stereocenters. The third-order valence-electron chi connectivity index (χ3n) is 3.79. The fraction of sp³-hybridized carbons (Fsp3) is 0.375. The van der Waals surface area contributed by atoms with Crippen LogP contribution in [-0.4, -0.2) is 18.4 Å².